The van der Waals surface area contributed by atoms with E-state index < -0.39 is 0 Å². The van der Waals surface area contributed by atoms with Crippen LogP contribution in [0.2, 0.25) is 0 Å². The van der Waals surface area contributed by atoms with E-state index in [2.05, 4.69) is 9.97 Å². The van der Waals surface area contributed by atoms with Gasteiger partial charge in [-0.2, -0.15) is 0 Å². The summed E-state index contributed by atoms with van der Waals surface area (Å²) in [6.45, 7) is 1.55. The molecule has 0 atom stereocenters. The standard InChI is InChI=1S/C23H19N3O3/c27-21(15-6-2-1-3-7-15)16-8-9-17-18(14-16)25-22(24-17)19-10-11-20(29-19)23(28)26-12-4-5-13-26/h1-3,6-11,14H,4-5,12-13H2,(H,24,25). The Morgan fingerprint density at radius 3 is 2.52 bits per heavy atom. The van der Waals surface area contributed by atoms with E-state index >= 15 is 0 Å². The van der Waals surface area contributed by atoms with Gasteiger partial charge in [0.1, 0.15) is 0 Å². The van der Waals surface area contributed by atoms with Crippen LogP contribution in [0.25, 0.3) is 22.6 Å². The Balaban J connectivity index is 1.43. The Morgan fingerprint density at radius 1 is 0.931 bits per heavy atom. The van der Waals surface area contributed by atoms with Gasteiger partial charge < -0.3 is 14.3 Å². The molecule has 0 spiro atoms. The molecular formula is C23H19N3O3. The Hall–Kier alpha value is -3.67. The molecule has 0 aliphatic carbocycles. The molecule has 29 heavy (non-hydrogen) atoms. The summed E-state index contributed by atoms with van der Waals surface area (Å²) in [7, 11) is 0. The number of rotatable bonds is 4. The maximum atomic E-state index is 12.7. The van der Waals surface area contributed by atoms with E-state index in [4.69, 9.17) is 4.42 Å². The van der Waals surface area contributed by atoms with Gasteiger partial charge in [0.2, 0.25) is 0 Å². The second kappa shape index (κ2) is 7.05. The van der Waals surface area contributed by atoms with Crippen LogP contribution >= 0.6 is 0 Å². The lowest BCUT2D eigenvalue weighted by Gasteiger charge is -2.12. The quantitative estimate of drug-likeness (QED) is 0.532. The maximum absolute atomic E-state index is 12.7. The lowest BCUT2D eigenvalue weighted by Crippen LogP contribution is -2.27. The third-order valence-electron chi connectivity index (χ3n) is 5.22. The van der Waals surface area contributed by atoms with Gasteiger partial charge in [-0.25, -0.2) is 4.98 Å². The minimum absolute atomic E-state index is 0.0476. The van der Waals surface area contributed by atoms with Gasteiger partial charge in [-0.3, -0.25) is 9.59 Å². The zero-order chi connectivity index (χ0) is 19.8. The molecule has 2 aromatic carbocycles. The number of benzene rings is 2. The summed E-state index contributed by atoms with van der Waals surface area (Å²) in [5, 5.41) is 0. The normalized spacial score (nSPS) is 13.9. The van der Waals surface area contributed by atoms with E-state index in [-0.39, 0.29) is 11.7 Å². The minimum Gasteiger partial charge on any atom is -0.448 e. The van der Waals surface area contributed by atoms with Crippen molar-refractivity contribution in [1.82, 2.24) is 14.9 Å². The van der Waals surface area contributed by atoms with Crippen LogP contribution in [0.5, 0.6) is 0 Å². The number of likely N-dealkylation sites (tertiary alicyclic amines) is 1. The number of H-pyrrole nitrogens is 1. The zero-order valence-electron chi connectivity index (χ0n) is 15.7. The molecular weight excluding hydrogens is 366 g/mol. The van der Waals surface area contributed by atoms with Crippen molar-refractivity contribution in [3.05, 3.63) is 77.6 Å². The Morgan fingerprint density at radius 2 is 1.72 bits per heavy atom. The topological polar surface area (TPSA) is 79.2 Å². The number of carbonyl (C=O) groups is 2. The molecule has 1 saturated heterocycles. The van der Waals surface area contributed by atoms with E-state index in [9.17, 15) is 9.59 Å². The molecule has 1 amide bonds. The lowest BCUT2D eigenvalue weighted by molar-refractivity contribution is 0.0762. The fourth-order valence-corrected chi connectivity index (χ4v) is 3.68. The Kier molecular flexibility index (Phi) is 4.24. The highest BCUT2D eigenvalue weighted by molar-refractivity contribution is 6.10. The van der Waals surface area contributed by atoms with Gasteiger partial charge in [-0.15, -0.1) is 0 Å². The average molecular weight is 385 g/mol. The van der Waals surface area contributed by atoms with Crippen molar-refractivity contribution < 1.29 is 14.0 Å². The van der Waals surface area contributed by atoms with E-state index in [0.29, 0.717) is 34.0 Å². The van der Waals surface area contributed by atoms with Gasteiger partial charge in [0.25, 0.3) is 5.91 Å². The van der Waals surface area contributed by atoms with Gasteiger partial charge in [0.05, 0.1) is 11.0 Å². The van der Waals surface area contributed by atoms with Gasteiger partial charge in [0, 0.05) is 24.2 Å². The lowest BCUT2D eigenvalue weighted by atomic mass is 10.0. The van der Waals surface area contributed by atoms with Crippen LogP contribution in [-0.2, 0) is 0 Å². The van der Waals surface area contributed by atoms with Crippen molar-refractivity contribution in [2.75, 3.05) is 13.1 Å². The van der Waals surface area contributed by atoms with Crippen LogP contribution in [-0.4, -0.2) is 39.6 Å². The van der Waals surface area contributed by atoms with Crippen LogP contribution < -0.4 is 0 Å². The number of nitrogens with one attached hydrogen (secondary N) is 1. The number of aromatic nitrogens is 2. The first kappa shape index (κ1) is 17.4. The van der Waals surface area contributed by atoms with E-state index in [1.165, 1.54) is 0 Å². The summed E-state index contributed by atoms with van der Waals surface area (Å²) in [6, 6.07) is 18.0. The molecule has 1 fully saturated rings. The third kappa shape index (κ3) is 3.23. The molecule has 6 heteroatoms. The van der Waals surface area contributed by atoms with E-state index in [1.807, 2.05) is 29.2 Å². The number of nitrogens with zero attached hydrogens (tertiary/aromatic N) is 2. The number of hydrogen-bond donors (Lipinski definition) is 1. The van der Waals surface area contributed by atoms with Gasteiger partial charge in [-0.05, 0) is 43.2 Å². The van der Waals surface area contributed by atoms with Crippen LogP contribution in [0.3, 0.4) is 0 Å². The molecule has 0 saturated carbocycles. The molecule has 3 heterocycles. The summed E-state index contributed by atoms with van der Waals surface area (Å²) in [6.07, 6.45) is 2.07. The van der Waals surface area contributed by atoms with Crippen molar-refractivity contribution in [3.8, 4) is 11.6 Å². The van der Waals surface area contributed by atoms with Crippen molar-refractivity contribution in [1.29, 1.82) is 0 Å². The predicted octanol–water partition coefficient (Wildman–Crippen LogP) is 4.29. The molecule has 0 radical (unpaired) electrons. The average Bonchev–Trinajstić information content (AvgIpc) is 3.53. The smallest absolute Gasteiger partial charge is 0.289 e. The molecule has 1 aliphatic heterocycles. The number of aromatic amines is 1. The highest BCUT2D eigenvalue weighted by Gasteiger charge is 2.23. The second-order valence-corrected chi connectivity index (χ2v) is 7.18. The number of ketones is 1. The number of hydrogen-bond acceptors (Lipinski definition) is 4. The molecule has 144 valence electrons. The van der Waals surface area contributed by atoms with Crippen LogP contribution in [0.1, 0.15) is 39.3 Å². The number of fused-ring (bicyclic) bond motifs is 1. The first-order valence-corrected chi connectivity index (χ1v) is 9.68. The minimum atomic E-state index is -0.0828. The SMILES string of the molecule is O=C(c1ccccc1)c1ccc2[nH]c(-c3ccc(C(=O)N4CCCC4)o3)nc2c1. The number of imidazole rings is 1. The number of amides is 1. The van der Waals surface area contributed by atoms with Crippen LogP contribution in [0, 0.1) is 0 Å². The highest BCUT2D eigenvalue weighted by Crippen LogP contribution is 2.25. The fraction of sp³-hybridized carbons (Fsp3) is 0.174. The largest absolute Gasteiger partial charge is 0.448 e. The van der Waals surface area contributed by atoms with Crippen LogP contribution in [0.15, 0.2) is 65.1 Å². The van der Waals surface area contributed by atoms with Crippen molar-refractivity contribution >= 4 is 22.7 Å². The molecule has 6 nitrogen and oxygen atoms in total. The molecule has 2 aromatic heterocycles. The molecule has 1 aliphatic rings. The third-order valence-corrected chi connectivity index (χ3v) is 5.22. The van der Waals surface area contributed by atoms with Crippen molar-refractivity contribution in [2.24, 2.45) is 0 Å². The van der Waals surface area contributed by atoms with Crippen LogP contribution in [0.4, 0.5) is 0 Å². The molecule has 1 N–H and O–H groups in total. The van der Waals surface area contributed by atoms with Crippen molar-refractivity contribution in [2.45, 2.75) is 12.8 Å². The summed E-state index contributed by atoms with van der Waals surface area (Å²) in [5.41, 5.74) is 2.68. The zero-order valence-corrected chi connectivity index (χ0v) is 15.7. The van der Waals surface area contributed by atoms with Gasteiger partial charge in [0.15, 0.2) is 23.1 Å². The van der Waals surface area contributed by atoms with E-state index in [0.717, 1.165) is 31.4 Å². The van der Waals surface area contributed by atoms with Crippen molar-refractivity contribution in [3.63, 3.8) is 0 Å². The first-order chi connectivity index (χ1) is 14.2. The predicted molar refractivity (Wildman–Crippen MR) is 109 cm³/mol. The summed E-state index contributed by atoms with van der Waals surface area (Å²) in [4.78, 5) is 34.7. The Bertz CT molecular complexity index is 1200. The Labute approximate surface area is 167 Å². The van der Waals surface area contributed by atoms with Gasteiger partial charge in [-0.1, -0.05) is 30.3 Å². The maximum Gasteiger partial charge on any atom is 0.289 e. The monoisotopic (exact) mass is 385 g/mol. The molecule has 0 bridgehead atoms. The molecule has 0 unspecified atom stereocenters. The highest BCUT2D eigenvalue weighted by atomic mass is 16.4. The summed E-state index contributed by atoms with van der Waals surface area (Å²) < 4.78 is 5.77. The summed E-state index contributed by atoms with van der Waals surface area (Å²) >= 11 is 0. The second-order valence-electron chi connectivity index (χ2n) is 7.18. The van der Waals surface area contributed by atoms with Gasteiger partial charge >= 0.3 is 0 Å². The van der Waals surface area contributed by atoms with E-state index in [1.54, 1.807) is 36.4 Å². The number of carbonyl (C=O) groups excluding carboxylic acids is 2. The fourth-order valence-electron chi connectivity index (χ4n) is 3.68. The number of furan rings is 1. The molecule has 4 aromatic rings. The first-order valence-electron chi connectivity index (χ1n) is 9.68. The summed E-state index contributed by atoms with van der Waals surface area (Å²) in [5.74, 6) is 1.22. The molecule has 5 rings (SSSR count).